The van der Waals surface area contributed by atoms with E-state index < -0.39 is 6.10 Å². The molecule has 1 aliphatic heterocycles. The van der Waals surface area contributed by atoms with Crippen LogP contribution in [0.25, 0.3) is 0 Å². The van der Waals surface area contributed by atoms with Gasteiger partial charge in [-0.2, -0.15) is 0 Å². The molecule has 1 N–H and O–H groups in total. The van der Waals surface area contributed by atoms with Crippen LogP contribution in [0.5, 0.6) is 5.75 Å². The highest BCUT2D eigenvalue weighted by atomic mass is 16.6. The summed E-state index contributed by atoms with van der Waals surface area (Å²) in [5, 5.41) is 10.1. The zero-order chi connectivity index (χ0) is 18.2. The molecule has 1 atom stereocenters. The molecule has 0 aromatic heterocycles. The Balaban J connectivity index is 1.69. The van der Waals surface area contributed by atoms with Gasteiger partial charge in [-0.25, -0.2) is 4.79 Å². The van der Waals surface area contributed by atoms with Crippen LogP contribution in [0.3, 0.4) is 0 Å². The van der Waals surface area contributed by atoms with Crippen molar-refractivity contribution in [1.82, 2.24) is 9.80 Å². The lowest BCUT2D eigenvalue weighted by atomic mass is 10.1. The molecule has 1 aromatic rings. The van der Waals surface area contributed by atoms with Crippen molar-refractivity contribution in [3.8, 4) is 5.75 Å². The van der Waals surface area contributed by atoms with E-state index >= 15 is 0 Å². The molecule has 1 saturated heterocycles. The first-order valence-electron chi connectivity index (χ1n) is 8.55. The number of amides is 1. The summed E-state index contributed by atoms with van der Waals surface area (Å²) in [6, 6.07) is 6.86. The summed E-state index contributed by atoms with van der Waals surface area (Å²) in [7, 11) is 0. The molecular formula is C18H26N2O5. The summed E-state index contributed by atoms with van der Waals surface area (Å²) in [5.41, 5.74) is 0.632. The van der Waals surface area contributed by atoms with Gasteiger partial charge in [-0.15, -0.1) is 0 Å². The van der Waals surface area contributed by atoms with Crippen molar-refractivity contribution in [3.05, 3.63) is 29.8 Å². The number of ketones is 1. The molecule has 1 fully saturated rings. The smallest absolute Gasteiger partial charge is 0.409 e. The maximum Gasteiger partial charge on any atom is 0.409 e. The summed E-state index contributed by atoms with van der Waals surface area (Å²) in [5.74, 6) is 0.629. The van der Waals surface area contributed by atoms with Gasteiger partial charge in [0.25, 0.3) is 0 Å². The quantitative estimate of drug-likeness (QED) is 0.749. The van der Waals surface area contributed by atoms with Crippen LogP contribution in [0.2, 0.25) is 0 Å². The molecule has 7 nitrogen and oxygen atoms in total. The molecule has 1 heterocycles. The van der Waals surface area contributed by atoms with Crippen molar-refractivity contribution in [1.29, 1.82) is 0 Å². The van der Waals surface area contributed by atoms with Crippen molar-refractivity contribution in [2.45, 2.75) is 20.0 Å². The number of rotatable bonds is 7. The predicted octanol–water partition coefficient (Wildman–Crippen LogP) is 1.40. The van der Waals surface area contributed by atoms with Gasteiger partial charge < -0.3 is 19.5 Å². The van der Waals surface area contributed by atoms with Gasteiger partial charge in [0.1, 0.15) is 18.5 Å². The van der Waals surface area contributed by atoms with Crippen LogP contribution in [0.15, 0.2) is 24.3 Å². The zero-order valence-electron chi connectivity index (χ0n) is 14.8. The Morgan fingerprint density at radius 3 is 2.36 bits per heavy atom. The second-order valence-corrected chi connectivity index (χ2v) is 6.03. The lowest BCUT2D eigenvalue weighted by molar-refractivity contribution is 0.0407. The van der Waals surface area contributed by atoms with Crippen molar-refractivity contribution >= 4 is 11.9 Å². The average Bonchev–Trinajstić information content (AvgIpc) is 2.61. The van der Waals surface area contributed by atoms with Crippen LogP contribution in [-0.4, -0.2) is 78.8 Å². The summed E-state index contributed by atoms with van der Waals surface area (Å²) in [6.07, 6.45) is -0.901. The lowest BCUT2D eigenvalue weighted by Gasteiger charge is -2.34. The fourth-order valence-electron chi connectivity index (χ4n) is 2.66. The first kappa shape index (κ1) is 19.2. The fourth-order valence-corrected chi connectivity index (χ4v) is 2.66. The summed E-state index contributed by atoms with van der Waals surface area (Å²) >= 11 is 0. The normalized spacial score (nSPS) is 16.4. The molecule has 0 bridgehead atoms. The van der Waals surface area contributed by atoms with E-state index in [4.69, 9.17) is 9.47 Å². The third-order valence-corrected chi connectivity index (χ3v) is 4.07. The SMILES string of the molecule is CCOC(=O)N1CCN(C[C@@H](O)COc2ccc(C(C)=O)cc2)CC1. The summed E-state index contributed by atoms with van der Waals surface area (Å²) in [6.45, 7) is 6.94. The van der Waals surface area contributed by atoms with Crippen molar-refractivity contribution in [3.63, 3.8) is 0 Å². The second kappa shape index (κ2) is 9.39. The largest absolute Gasteiger partial charge is 0.491 e. The lowest BCUT2D eigenvalue weighted by Crippen LogP contribution is -2.51. The molecule has 0 unspecified atom stereocenters. The molecule has 1 aliphatic rings. The molecule has 25 heavy (non-hydrogen) atoms. The van der Waals surface area contributed by atoms with E-state index in [1.165, 1.54) is 6.92 Å². The van der Waals surface area contributed by atoms with Crippen molar-refractivity contribution in [2.75, 3.05) is 45.9 Å². The van der Waals surface area contributed by atoms with Gasteiger partial charge in [0.05, 0.1) is 6.61 Å². The first-order valence-corrected chi connectivity index (χ1v) is 8.55. The highest BCUT2D eigenvalue weighted by Gasteiger charge is 2.23. The molecule has 138 valence electrons. The van der Waals surface area contributed by atoms with E-state index in [9.17, 15) is 14.7 Å². The van der Waals surface area contributed by atoms with Crippen molar-refractivity contribution < 1.29 is 24.2 Å². The maximum atomic E-state index is 11.6. The van der Waals surface area contributed by atoms with Gasteiger partial charge in [0.15, 0.2) is 5.78 Å². The van der Waals surface area contributed by atoms with Gasteiger partial charge in [0, 0.05) is 38.3 Å². The Hall–Kier alpha value is -2.12. The number of piperazine rings is 1. The standard InChI is InChI=1S/C18H26N2O5/c1-3-24-18(23)20-10-8-19(9-11-20)12-16(22)13-25-17-6-4-15(5-7-17)14(2)21/h4-7,16,22H,3,8-13H2,1-2H3/t16-/m1/s1. The van der Waals surface area contributed by atoms with E-state index in [0.717, 1.165) is 0 Å². The van der Waals surface area contributed by atoms with Crippen LogP contribution < -0.4 is 4.74 Å². The van der Waals surface area contributed by atoms with Crippen LogP contribution in [0, 0.1) is 0 Å². The maximum absolute atomic E-state index is 11.6. The Kier molecular flexibility index (Phi) is 7.21. The molecule has 1 amide bonds. The molecular weight excluding hydrogens is 324 g/mol. The molecule has 0 radical (unpaired) electrons. The topological polar surface area (TPSA) is 79.3 Å². The second-order valence-electron chi connectivity index (χ2n) is 6.03. The molecule has 0 saturated carbocycles. The number of carbonyl (C=O) groups is 2. The predicted molar refractivity (Wildman–Crippen MR) is 93.0 cm³/mol. The van der Waals surface area contributed by atoms with Gasteiger partial charge >= 0.3 is 6.09 Å². The summed E-state index contributed by atoms with van der Waals surface area (Å²) in [4.78, 5) is 26.7. The Morgan fingerprint density at radius 1 is 1.16 bits per heavy atom. The molecule has 0 spiro atoms. The Labute approximate surface area is 148 Å². The first-order chi connectivity index (χ1) is 12.0. The van der Waals surface area contributed by atoms with Gasteiger partial charge in [-0.3, -0.25) is 9.69 Å². The fraction of sp³-hybridized carbons (Fsp3) is 0.556. The molecule has 7 heteroatoms. The van der Waals surface area contributed by atoms with Gasteiger partial charge in [-0.05, 0) is 38.1 Å². The molecule has 0 aliphatic carbocycles. The molecule has 1 aromatic carbocycles. The highest BCUT2D eigenvalue weighted by Crippen LogP contribution is 2.13. The highest BCUT2D eigenvalue weighted by molar-refractivity contribution is 5.94. The number of Topliss-reactive ketones (excluding diaryl/α,β-unsaturated/α-hetero) is 1. The Bertz CT molecular complexity index is 567. The van der Waals surface area contributed by atoms with Crippen LogP contribution >= 0.6 is 0 Å². The van der Waals surface area contributed by atoms with E-state index in [1.807, 2.05) is 0 Å². The van der Waals surface area contributed by atoms with Crippen LogP contribution in [0.4, 0.5) is 4.79 Å². The van der Waals surface area contributed by atoms with Crippen LogP contribution in [-0.2, 0) is 4.74 Å². The van der Waals surface area contributed by atoms with E-state index in [2.05, 4.69) is 4.90 Å². The number of hydrogen-bond donors (Lipinski definition) is 1. The third kappa shape index (κ3) is 6.03. The number of benzene rings is 1. The number of β-amino-alcohol motifs (C(OH)–C–C–N with tert-alkyl or cyclic N) is 1. The minimum atomic E-state index is -0.623. The van der Waals surface area contributed by atoms with Gasteiger partial charge in [-0.1, -0.05) is 0 Å². The van der Waals surface area contributed by atoms with Crippen molar-refractivity contribution in [2.24, 2.45) is 0 Å². The third-order valence-electron chi connectivity index (χ3n) is 4.07. The monoisotopic (exact) mass is 350 g/mol. The zero-order valence-corrected chi connectivity index (χ0v) is 14.8. The van der Waals surface area contributed by atoms with E-state index in [0.29, 0.717) is 50.6 Å². The number of ether oxygens (including phenoxy) is 2. The van der Waals surface area contributed by atoms with E-state index in [-0.39, 0.29) is 18.5 Å². The summed E-state index contributed by atoms with van der Waals surface area (Å²) < 4.78 is 10.5. The number of aliphatic hydroxyl groups excluding tert-OH is 1. The number of carbonyl (C=O) groups excluding carboxylic acids is 2. The number of nitrogens with zero attached hydrogens (tertiary/aromatic N) is 2. The minimum Gasteiger partial charge on any atom is -0.491 e. The van der Waals surface area contributed by atoms with E-state index in [1.54, 1.807) is 36.1 Å². The van der Waals surface area contributed by atoms with Crippen LogP contribution in [0.1, 0.15) is 24.2 Å². The number of hydrogen-bond acceptors (Lipinski definition) is 6. The molecule has 2 rings (SSSR count). The number of aliphatic hydroxyl groups is 1. The van der Waals surface area contributed by atoms with Gasteiger partial charge in [0.2, 0.25) is 0 Å². The Morgan fingerprint density at radius 2 is 1.80 bits per heavy atom. The minimum absolute atomic E-state index is 0.00791. The average molecular weight is 350 g/mol.